The second kappa shape index (κ2) is 13.5. The average Bonchev–Trinajstić information content (AvgIpc) is 3.36. The van der Waals surface area contributed by atoms with Crippen molar-refractivity contribution in [3.05, 3.63) is 65.2 Å². The molecule has 8 N–H and O–H groups in total. The number of rotatable bonds is 13. The number of aliphatic carboxylic acids is 1. The molecule has 2 aromatic heterocycles. The number of halogens is 1. The van der Waals surface area contributed by atoms with Crippen molar-refractivity contribution in [3.63, 3.8) is 0 Å². The number of hydrogen-bond acceptors (Lipinski definition) is 10. The molecule has 0 aliphatic heterocycles. The lowest BCUT2D eigenvalue weighted by Gasteiger charge is -2.25. The number of nitrogens with one attached hydrogen (secondary N) is 2. The Labute approximate surface area is 238 Å². The Balaban J connectivity index is 1.37. The maximum absolute atomic E-state index is 10.8. The molecule has 2 aromatic carbocycles. The summed E-state index contributed by atoms with van der Waals surface area (Å²) in [6.45, 7) is -0.350. The summed E-state index contributed by atoms with van der Waals surface area (Å²) in [5, 5.41) is 60.6. The third-order valence-corrected chi connectivity index (χ3v) is 7.34. The number of fused-ring (bicyclic) bond motifs is 1. The lowest BCUT2D eigenvalue weighted by Crippen LogP contribution is -2.48. The molecule has 4 rings (SSSR count). The first kappa shape index (κ1) is 29.9. The molecule has 2 heterocycles. The maximum atomic E-state index is 10.8. The van der Waals surface area contributed by atoms with Gasteiger partial charge in [-0.2, -0.15) is 0 Å². The van der Waals surface area contributed by atoms with E-state index in [2.05, 4.69) is 20.3 Å². The van der Waals surface area contributed by atoms with Gasteiger partial charge in [0.15, 0.2) is 10.8 Å². The predicted octanol–water partition coefficient (Wildman–Crippen LogP) is 1.65. The molecule has 0 aliphatic rings. The van der Waals surface area contributed by atoms with Crippen LogP contribution in [-0.2, 0) is 11.3 Å². The van der Waals surface area contributed by atoms with E-state index in [-0.39, 0.29) is 12.3 Å². The minimum atomic E-state index is -1.66. The number of aliphatic hydroxyl groups is 5. The number of benzene rings is 2. The second-order valence-corrected chi connectivity index (χ2v) is 10.5. The second-order valence-electron chi connectivity index (χ2n) is 9.12. The largest absolute Gasteiger partial charge is 0.481 e. The van der Waals surface area contributed by atoms with Crippen LogP contribution in [0, 0.1) is 0 Å². The highest BCUT2D eigenvalue weighted by atomic mass is 35.5. The van der Waals surface area contributed by atoms with Crippen molar-refractivity contribution in [1.29, 1.82) is 0 Å². The molecule has 0 fully saturated rings. The van der Waals surface area contributed by atoms with E-state index in [9.17, 15) is 25.2 Å². The highest BCUT2D eigenvalue weighted by molar-refractivity contribution is 7.99. The number of hydrogen-bond donors (Lipinski definition) is 8. The van der Waals surface area contributed by atoms with E-state index in [0.717, 1.165) is 34.0 Å². The monoisotopic (exact) mass is 588 g/mol. The van der Waals surface area contributed by atoms with Crippen molar-refractivity contribution in [2.45, 2.75) is 36.1 Å². The van der Waals surface area contributed by atoms with Gasteiger partial charge in [0.2, 0.25) is 0 Å². The molecule has 0 unspecified atom stereocenters. The van der Waals surface area contributed by atoms with Crippen LogP contribution in [0.3, 0.4) is 0 Å². The number of nitrogens with zero attached hydrogens (tertiary/aromatic N) is 2. The van der Waals surface area contributed by atoms with Crippen LogP contribution in [0.5, 0.6) is 0 Å². The average molecular weight is 589 g/mol. The maximum Gasteiger partial charge on any atom is 0.313 e. The zero-order valence-corrected chi connectivity index (χ0v) is 22.7. The van der Waals surface area contributed by atoms with Crippen molar-refractivity contribution in [2.24, 2.45) is 0 Å². The number of H-pyrrole nitrogens is 1. The molecule has 0 bridgehead atoms. The first-order valence-corrected chi connectivity index (χ1v) is 13.7. The van der Waals surface area contributed by atoms with Crippen LogP contribution in [0.1, 0.15) is 5.56 Å². The summed E-state index contributed by atoms with van der Waals surface area (Å²) in [6, 6.07) is 17.2. The molecule has 4 aromatic rings. The van der Waals surface area contributed by atoms with E-state index in [1.807, 2.05) is 48.5 Å². The smallest absolute Gasteiger partial charge is 0.313 e. The minimum Gasteiger partial charge on any atom is -0.481 e. The SMILES string of the molecule is O=C(O)CSc1nc2nc(-c3ccc(-c4ccc(CNC[C@H](O)[C@@H](O)[C@H](O)[C@H](O)CO)cc4)cc3)c(Cl)cc2[nH]1. The van der Waals surface area contributed by atoms with E-state index in [1.54, 1.807) is 6.07 Å². The fraction of sp³-hybridized carbons (Fsp3) is 0.296. The van der Waals surface area contributed by atoms with Crippen molar-refractivity contribution in [3.8, 4) is 22.4 Å². The van der Waals surface area contributed by atoms with Crippen LogP contribution < -0.4 is 5.32 Å². The summed E-state index contributed by atoms with van der Waals surface area (Å²) < 4.78 is 0. The van der Waals surface area contributed by atoms with Gasteiger partial charge in [-0.1, -0.05) is 71.9 Å². The molecule has 4 atom stereocenters. The molecule has 212 valence electrons. The third kappa shape index (κ3) is 7.36. The Morgan fingerprint density at radius 2 is 1.52 bits per heavy atom. The van der Waals surface area contributed by atoms with Gasteiger partial charge in [0.05, 0.1) is 34.7 Å². The molecule has 40 heavy (non-hydrogen) atoms. The molecular weight excluding hydrogens is 560 g/mol. The van der Waals surface area contributed by atoms with Gasteiger partial charge in [-0.25, -0.2) is 9.97 Å². The number of carboxylic acids is 1. The first-order valence-electron chi connectivity index (χ1n) is 12.3. The van der Waals surface area contributed by atoms with Crippen molar-refractivity contribution in [1.82, 2.24) is 20.3 Å². The summed E-state index contributed by atoms with van der Waals surface area (Å²) in [5.74, 6) is -1.05. The number of pyridine rings is 1. The normalized spacial score (nSPS) is 14.7. The number of carbonyl (C=O) groups is 1. The first-order chi connectivity index (χ1) is 19.2. The molecule has 11 nitrogen and oxygen atoms in total. The van der Waals surface area contributed by atoms with Gasteiger partial charge in [-0.15, -0.1) is 0 Å². The van der Waals surface area contributed by atoms with E-state index < -0.39 is 37.0 Å². The molecular formula is C27H29ClN4O7S. The van der Waals surface area contributed by atoms with E-state index in [4.69, 9.17) is 21.8 Å². The Morgan fingerprint density at radius 1 is 0.925 bits per heavy atom. The van der Waals surface area contributed by atoms with Gasteiger partial charge in [-0.3, -0.25) is 4.79 Å². The molecule has 13 heteroatoms. The summed E-state index contributed by atoms with van der Waals surface area (Å²) in [4.78, 5) is 22.8. The number of aromatic amines is 1. The minimum absolute atomic E-state index is 0.0251. The van der Waals surface area contributed by atoms with Crippen LogP contribution in [-0.4, -0.2) is 94.9 Å². The van der Waals surface area contributed by atoms with Gasteiger partial charge in [0.25, 0.3) is 0 Å². The fourth-order valence-electron chi connectivity index (χ4n) is 3.98. The summed E-state index contributed by atoms with van der Waals surface area (Å²) >= 11 is 7.55. The van der Waals surface area contributed by atoms with Crippen LogP contribution in [0.15, 0.2) is 59.8 Å². The number of carboxylic acid groups (broad SMARTS) is 1. The van der Waals surface area contributed by atoms with Crippen molar-refractivity contribution >= 4 is 40.5 Å². The topological polar surface area (TPSA) is 192 Å². The predicted molar refractivity (Wildman–Crippen MR) is 151 cm³/mol. The Morgan fingerprint density at radius 3 is 2.15 bits per heavy atom. The zero-order chi connectivity index (χ0) is 28.8. The third-order valence-electron chi connectivity index (χ3n) is 6.19. The van der Waals surface area contributed by atoms with Gasteiger partial charge in [0.1, 0.15) is 18.3 Å². The Hall–Kier alpha value is -3.07. The van der Waals surface area contributed by atoms with Crippen LogP contribution >= 0.6 is 23.4 Å². The van der Waals surface area contributed by atoms with Crippen LogP contribution in [0.25, 0.3) is 33.5 Å². The zero-order valence-electron chi connectivity index (χ0n) is 21.1. The quantitative estimate of drug-likeness (QED) is 0.106. The van der Waals surface area contributed by atoms with E-state index in [0.29, 0.717) is 33.6 Å². The van der Waals surface area contributed by atoms with Gasteiger partial charge in [0, 0.05) is 18.7 Å². The van der Waals surface area contributed by atoms with Crippen molar-refractivity contribution < 1.29 is 35.4 Å². The van der Waals surface area contributed by atoms with Gasteiger partial charge < -0.3 is 40.9 Å². The summed E-state index contributed by atoms with van der Waals surface area (Å²) in [5.41, 5.74) is 5.32. The lowest BCUT2D eigenvalue weighted by molar-refractivity contribution is -0.133. The number of aromatic nitrogens is 3. The number of aliphatic hydroxyl groups excluding tert-OH is 5. The fourth-order valence-corrected chi connectivity index (χ4v) is 4.83. The molecule has 0 amide bonds. The Bertz CT molecular complexity index is 1440. The van der Waals surface area contributed by atoms with Gasteiger partial charge in [-0.05, 0) is 22.8 Å². The Kier molecular flexibility index (Phi) is 10.1. The van der Waals surface area contributed by atoms with Crippen LogP contribution in [0.4, 0.5) is 0 Å². The van der Waals surface area contributed by atoms with Gasteiger partial charge >= 0.3 is 5.97 Å². The molecule has 0 saturated carbocycles. The molecule has 0 aliphatic carbocycles. The van der Waals surface area contributed by atoms with Crippen molar-refractivity contribution in [2.75, 3.05) is 18.9 Å². The molecule has 0 radical (unpaired) electrons. The number of thioether (sulfide) groups is 1. The summed E-state index contributed by atoms with van der Waals surface area (Å²) in [7, 11) is 0. The standard InChI is InChI=1S/C27H29ClN4O7S/c28-18-9-19-26(32-27(30-19)40-13-22(36)37)31-23(18)17-7-5-16(6-8-17)15-3-1-14(2-4-15)10-29-11-20(34)24(38)25(39)21(35)12-33/h1-9,20-21,24-25,29,33-35,38-39H,10-13H2,(H,36,37)(H,30,31,32)/t20-,21+,24+,25+/m0/s1. The van der Waals surface area contributed by atoms with E-state index >= 15 is 0 Å². The lowest BCUT2D eigenvalue weighted by atomic mass is 10.0. The van der Waals surface area contributed by atoms with Crippen LogP contribution in [0.2, 0.25) is 5.02 Å². The summed E-state index contributed by atoms with van der Waals surface area (Å²) in [6.07, 6.45) is -6.13. The highest BCUT2D eigenvalue weighted by Gasteiger charge is 2.29. The molecule has 0 spiro atoms. The highest BCUT2D eigenvalue weighted by Crippen LogP contribution is 2.31. The molecule has 0 saturated heterocycles. The number of imidazole rings is 1. The van der Waals surface area contributed by atoms with E-state index in [1.165, 1.54) is 0 Å².